The van der Waals surface area contributed by atoms with Crippen molar-refractivity contribution in [3.63, 3.8) is 0 Å². The van der Waals surface area contributed by atoms with Crippen LogP contribution in [-0.2, 0) is 14.8 Å². The minimum absolute atomic E-state index is 0.163. The minimum Gasteiger partial charge on any atom is -0.345 e. The van der Waals surface area contributed by atoms with Gasteiger partial charge in [0.2, 0.25) is 15.9 Å². The number of hydrogen-bond acceptors (Lipinski definition) is 5. The smallest absolute Gasteiger partial charge is 0.270 e. The fraction of sp³-hybridized carbons (Fsp3) is 0.364. The third-order valence-corrected chi connectivity index (χ3v) is 4.61. The molecule has 0 aliphatic carbocycles. The Bertz CT molecular complexity index is 662. The fourth-order valence-electron chi connectivity index (χ4n) is 1.36. The summed E-state index contributed by atoms with van der Waals surface area (Å²) in [7, 11) is -2.59. The molecule has 0 aromatic heterocycles. The first-order valence-corrected chi connectivity index (χ1v) is 7.72. The maximum absolute atomic E-state index is 12.1. The van der Waals surface area contributed by atoms with E-state index in [0.29, 0.717) is 6.54 Å². The van der Waals surface area contributed by atoms with Crippen molar-refractivity contribution < 1.29 is 18.1 Å². The van der Waals surface area contributed by atoms with Gasteiger partial charge in [-0.2, -0.15) is 0 Å². The van der Waals surface area contributed by atoms with E-state index in [1.165, 1.54) is 11.9 Å². The third-order valence-electron chi connectivity index (χ3n) is 2.73. The molecule has 1 amide bonds. The van der Waals surface area contributed by atoms with Gasteiger partial charge >= 0.3 is 0 Å². The number of likely N-dealkylation sites (N-methyl/N-ethyl adjacent to an activating group) is 1. The number of nitrogens with zero attached hydrogens (tertiary/aromatic N) is 2. The number of non-ortho nitro benzene ring substituents is 1. The van der Waals surface area contributed by atoms with Crippen LogP contribution >= 0.6 is 11.6 Å². The highest BCUT2D eigenvalue weighted by atomic mass is 35.5. The molecule has 0 fully saturated rings. The number of benzene rings is 1. The fourth-order valence-corrected chi connectivity index (χ4v) is 2.85. The lowest BCUT2D eigenvalue weighted by atomic mass is 10.3. The number of halogens is 1. The summed E-state index contributed by atoms with van der Waals surface area (Å²) >= 11 is 5.75. The van der Waals surface area contributed by atoms with Gasteiger partial charge in [0.15, 0.2) is 0 Å². The van der Waals surface area contributed by atoms with Gasteiger partial charge in [-0.3, -0.25) is 14.9 Å². The number of sulfonamides is 1. The highest BCUT2D eigenvalue weighted by molar-refractivity contribution is 7.89. The molecule has 0 heterocycles. The Morgan fingerprint density at radius 2 is 2.10 bits per heavy atom. The molecule has 0 bridgehead atoms. The summed E-state index contributed by atoms with van der Waals surface area (Å²) in [6.45, 7) is 1.72. The first-order valence-electron chi connectivity index (χ1n) is 5.86. The van der Waals surface area contributed by atoms with Gasteiger partial charge in [0.05, 0.1) is 16.5 Å². The van der Waals surface area contributed by atoms with Crippen LogP contribution in [0.4, 0.5) is 5.69 Å². The van der Waals surface area contributed by atoms with Crippen LogP contribution < -0.4 is 4.72 Å². The van der Waals surface area contributed by atoms with Crippen LogP contribution in [0.2, 0.25) is 5.02 Å². The predicted molar refractivity (Wildman–Crippen MR) is 76.6 cm³/mol. The summed E-state index contributed by atoms with van der Waals surface area (Å²) < 4.78 is 26.2. The molecular weight excluding hydrogens is 322 g/mol. The van der Waals surface area contributed by atoms with Crippen molar-refractivity contribution in [2.75, 3.05) is 20.1 Å². The Morgan fingerprint density at radius 3 is 2.62 bits per heavy atom. The van der Waals surface area contributed by atoms with Gasteiger partial charge in [0.25, 0.3) is 5.69 Å². The van der Waals surface area contributed by atoms with E-state index < -0.39 is 38.0 Å². The Morgan fingerprint density at radius 1 is 1.48 bits per heavy atom. The molecule has 0 saturated carbocycles. The quantitative estimate of drug-likeness (QED) is 0.616. The summed E-state index contributed by atoms with van der Waals surface area (Å²) in [4.78, 5) is 22.4. The van der Waals surface area contributed by atoms with Gasteiger partial charge in [-0.05, 0) is 13.0 Å². The Labute approximate surface area is 126 Å². The SMILES string of the molecule is CCN(C)C(=O)CNS(=O)(=O)c1cc([N+](=O)[O-])ccc1Cl. The lowest BCUT2D eigenvalue weighted by Gasteiger charge is -2.15. The molecule has 8 nitrogen and oxygen atoms in total. The third kappa shape index (κ3) is 4.38. The molecule has 10 heteroatoms. The Hall–Kier alpha value is -1.71. The van der Waals surface area contributed by atoms with E-state index in [9.17, 15) is 23.3 Å². The topological polar surface area (TPSA) is 110 Å². The average molecular weight is 336 g/mol. The average Bonchev–Trinajstić information content (AvgIpc) is 2.43. The van der Waals surface area contributed by atoms with Crippen LogP contribution in [0, 0.1) is 10.1 Å². The maximum Gasteiger partial charge on any atom is 0.270 e. The predicted octanol–water partition coefficient (Wildman–Crippen LogP) is 1.00. The molecular formula is C11H14ClN3O5S. The van der Waals surface area contributed by atoms with E-state index in [1.807, 2.05) is 0 Å². The van der Waals surface area contributed by atoms with E-state index in [2.05, 4.69) is 4.72 Å². The monoisotopic (exact) mass is 335 g/mol. The number of nitrogens with one attached hydrogen (secondary N) is 1. The molecule has 0 radical (unpaired) electrons. The normalized spacial score (nSPS) is 11.2. The van der Waals surface area contributed by atoms with Crippen molar-refractivity contribution >= 4 is 33.2 Å². The number of carbonyl (C=O) groups excluding carboxylic acids is 1. The molecule has 1 aromatic rings. The zero-order valence-electron chi connectivity index (χ0n) is 11.4. The minimum atomic E-state index is -4.12. The van der Waals surface area contributed by atoms with Crippen LogP contribution in [-0.4, -0.2) is 44.3 Å². The highest BCUT2D eigenvalue weighted by Gasteiger charge is 2.22. The molecule has 1 rings (SSSR count). The number of nitro benzene ring substituents is 1. The Kier molecular flexibility index (Phi) is 5.64. The van der Waals surface area contributed by atoms with Gasteiger partial charge in [0, 0.05) is 25.7 Å². The van der Waals surface area contributed by atoms with Crippen LogP contribution in [0.1, 0.15) is 6.92 Å². The second-order valence-electron chi connectivity index (χ2n) is 4.10. The zero-order chi connectivity index (χ0) is 16.2. The standard InChI is InChI=1S/C11H14ClN3O5S/c1-3-14(2)11(16)7-13-21(19,20)10-6-8(15(17)18)4-5-9(10)12/h4-6,13H,3,7H2,1-2H3. The largest absolute Gasteiger partial charge is 0.345 e. The number of rotatable bonds is 6. The van der Waals surface area contributed by atoms with Crippen LogP contribution in [0.3, 0.4) is 0 Å². The number of carbonyl (C=O) groups is 1. The summed E-state index contributed by atoms with van der Waals surface area (Å²) in [6.07, 6.45) is 0. The molecule has 21 heavy (non-hydrogen) atoms. The summed E-state index contributed by atoms with van der Waals surface area (Å²) in [6, 6.07) is 3.06. The van der Waals surface area contributed by atoms with Gasteiger partial charge < -0.3 is 4.90 Å². The number of hydrogen-bond donors (Lipinski definition) is 1. The zero-order valence-corrected chi connectivity index (χ0v) is 12.9. The first kappa shape index (κ1) is 17.3. The lowest BCUT2D eigenvalue weighted by Crippen LogP contribution is -2.38. The molecule has 1 aromatic carbocycles. The van der Waals surface area contributed by atoms with E-state index >= 15 is 0 Å². The molecule has 0 atom stereocenters. The first-order chi connectivity index (χ1) is 9.69. The van der Waals surface area contributed by atoms with Crippen molar-refractivity contribution in [2.24, 2.45) is 0 Å². The van der Waals surface area contributed by atoms with Crippen LogP contribution in [0.25, 0.3) is 0 Å². The van der Waals surface area contributed by atoms with E-state index in [4.69, 9.17) is 11.6 Å². The molecule has 0 spiro atoms. The van der Waals surface area contributed by atoms with E-state index in [0.717, 1.165) is 18.2 Å². The van der Waals surface area contributed by atoms with Gasteiger partial charge in [0.1, 0.15) is 4.90 Å². The maximum atomic E-state index is 12.1. The summed E-state index contributed by atoms with van der Waals surface area (Å²) in [5, 5.41) is 10.5. The summed E-state index contributed by atoms with van der Waals surface area (Å²) in [5.41, 5.74) is -0.406. The number of nitro groups is 1. The molecule has 1 N–H and O–H groups in total. The second kappa shape index (κ2) is 6.83. The van der Waals surface area contributed by atoms with Crippen molar-refractivity contribution in [3.8, 4) is 0 Å². The van der Waals surface area contributed by atoms with E-state index in [1.54, 1.807) is 6.92 Å². The number of amides is 1. The molecule has 0 aliphatic rings. The summed E-state index contributed by atoms with van der Waals surface area (Å²) in [5.74, 6) is -0.428. The molecule has 0 saturated heterocycles. The van der Waals surface area contributed by atoms with Crippen molar-refractivity contribution in [3.05, 3.63) is 33.3 Å². The van der Waals surface area contributed by atoms with Crippen LogP contribution in [0.5, 0.6) is 0 Å². The molecule has 0 unspecified atom stereocenters. The lowest BCUT2D eigenvalue weighted by molar-refractivity contribution is -0.385. The van der Waals surface area contributed by atoms with Crippen LogP contribution in [0.15, 0.2) is 23.1 Å². The van der Waals surface area contributed by atoms with Gasteiger partial charge in [-0.1, -0.05) is 11.6 Å². The highest BCUT2D eigenvalue weighted by Crippen LogP contribution is 2.25. The van der Waals surface area contributed by atoms with E-state index in [-0.39, 0.29) is 5.02 Å². The molecule has 0 aliphatic heterocycles. The van der Waals surface area contributed by atoms with Crippen molar-refractivity contribution in [1.29, 1.82) is 0 Å². The van der Waals surface area contributed by atoms with Crippen molar-refractivity contribution in [2.45, 2.75) is 11.8 Å². The van der Waals surface area contributed by atoms with Gasteiger partial charge in [-0.25, -0.2) is 13.1 Å². The second-order valence-corrected chi connectivity index (χ2v) is 6.25. The Balaban J connectivity index is 3.00. The van der Waals surface area contributed by atoms with Crippen molar-refractivity contribution in [1.82, 2.24) is 9.62 Å². The molecule has 116 valence electrons. The van der Waals surface area contributed by atoms with Gasteiger partial charge in [-0.15, -0.1) is 0 Å².